The second-order valence-corrected chi connectivity index (χ2v) is 1.94. The summed E-state index contributed by atoms with van der Waals surface area (Å²) in [5, 5.41) is 0. The summed E-state index contributed by atoms with van der Waals surface area (Å²) in [4.78, 5) is 0. The van der Waals surface area contributed by atoms with Gasteiger partial charge in [0.05, 0.1) is 0 Å². The van der Waals surface area contributed by atoms with Crippen LogP contribution < -0.4 is 0 Å². The summed E-state index contributed by atoms with van der Waals surface area (Å²) in [5.74, 6) is 0. The van der Waals surface area contributed by atoms with Crippen LogP contribution in [-0.4, -0.2) is 4.61 Å². The van der Waals surface area contributed by atoms with Crippen LogP contribution in [0.1, 0.15) is 13.8 Å². The SMILES string of the molecule is CC(C)=C[CH]=[Ru+]. The molecule has 0 aromatic carbocycles. The van der Waals surface area contributed by atoms with Crippen molar-refractivity contribution in [2.24, 2.45) is 0 Å². The molecule has 1 heteroatoms. The van der Waals surface area contributed by atoms with Crippen LogP contribution in [0, 0.1) is 0 Å². The van der Waals surface area contributed by atoms with Gasteiger partial charge in [-0.2, -0.15) is 0 Å². The Labute approximate surface area is 48.5 Å². The summed E-state index contributed by atoms with van der Waals surface area (Å²) in [7, 11) is 0. The predicted molar refractivity (Wildman–Crippen MR) is 25.5 cm³/mol. The van der Waals surface area contributed by atoms with Gasteiger partial charge in [-0.3, -0.25) is 0 Å². The van der Waals surface area contributed by atoms with Crippen LogP contribution in [0.5, 0.6) is 0 Å². The average Bonchev–Trinajstić information content (AvgIpc) is 1.35. The summed E-state index contributed by atoms with van der Waals surface area (Å²) in [5.41, 5.74) is 1.34. The Morgan fingerprint density at radius 3 is 2.00 bits per heavy atom. The summed E-state index contributed by atoms with van der Waals surface area (Å²) in [6, 6.07) is 0. The molecule has 0 atom stereocenters. The molecule has 0 rings (SSSR count). The topological polar surface area (TPSA) is 0 Å². The molecule has 0 bridgehead atoms. The van der Waals surface area contributed by atoms with E-state index in [1.165, 1.54) is 5.57 Å². The fourth-order valence-corrected chi connectivity index (χ4v) is 0.697. The molecule has 0 aliphatic rings. The van der Waals surface area contributed by atoms with Gasteiger partial charge in [0.1, 0.15) is 0 Å². The molecule has 0 amide bonds. The number of allylic oxidation sites excluding steroid dienone is 2. The van der Waals surface area contributed by atoms with Crippen molar-refractivity contribution in [2.45, 2.75) is 13.8 Å². The Bertz CT molecular complexity index is 68.0. The third-order valence-corrected chi connectivity index (χ3v) is 0.682. The molecule has 0 aromatic rings. The molecule has 0 radical (unpaired) electrons. The molecule has 0 spiro atoms. The van der Waals surface area contributed by atoms with Crippen LogP contribution in [0.2, 0.25) is 0 Å². The molecule has 35 valence electrons. The summed E-state index contributed by atoms with van der Waals surface area (Å²) in [6.45, 7) is 4.14. The molecule has 0 saturated carbocycles. The Hall–Kier alpha value is 0.233. The average molecular weight is 169 g/mol. The molecule has 0 nitrogen and oxygen atoms in total. The van der Waals surface area contributed by atoms with Gasteiger partial charge >= 0.3 is 48.0 Å². The van der Waals surface area contributed by atoms with E-state index < -0.39 is 0 Å². The van der Waals surface area contributed by atoms with Gasteiger partial charge in [0.15, 0.2) is 0 Å². The number of hydrogen-bond donors (Lipinski definition) is 0. The molecule has 0 unspecified atom stereocenters. The van der Waals surface area contributed by atoms with E-state index in [1.54, 1.807) is 0 Å². The minimum absolute atomic E-state index is 1.34. The Kier molecular flexibility index (Phi) is 3.56. The second kappa shape index (κ2) is 3.42. The van der Waals surface area contributed by atoms with Crippen LogP contribution in [-0.2, 0) is 17.9 Å². The zero-order valence-electron chi connectivity index (χ0n) is 4.01. The first kappa shape index (κ1) is 6.23. The number of hydrogen-bond acceptors (Lipinski definition) is 0. The van der Waals surface area contributed by atoms with Gasteiger partial charge in [-0.15, -0.1) is 0 Å². The molecular weight excluding hydrogens is 161 g/mol. The fourth-order valence-electron chi connectivity index (χ4n) is 0.118. The molecule has 0 aliphatic heterocycles. The number of rotatable bonds is 1. The van der Waals surface area contributed by atoms with Gasteiger partial charge in [-0.25, -0.2) is 0 Å². The molecule has 0 N–H and O–H groups in total. The van der Waals surface area contributed by atoms with E-state index in [0.29, 0.717) is 0 Å². The van der Waals surface area contributed by atoms with Crippen LogP contribution in [0.4, 0.5) is 0 Å². The monoisotopic (exact) mass is 170 g/mol. The maximum atomic E-state index is 2.44. The normalized spacial score (nSPS) is 7.00. The quantitative estimate of drug-likeness (QED) is 0.519. The van der Waals surface area contributed by atoms with Crippen LogP contribution in [0.25, 0.3) is 0 Å². The van der Waals surface area contributed by atoms with E-state index in [1.807, 2.05) is 4.61 Å². The minimum atomic E-state index is 1.34. The third kappa shape index (κ3) is 4.23. The standard InChI is InChI=1S/C5H8.Ru/c1-4-5(2)3;/h1,4H,2-3H3;/q;+1. The molecule has 0 aliphatic carbocycles. The summed E-state index contributed by atoms with van der Waals surface area (Å²) < 4.78 is 1.97. The van der Waals surface area contributed by atoms with Crippen molar-refractivity contribution in [2.75, 3.05) is 0 Å². The Morgan fingerprint density at radius 2 is 2.00 bits per heavy atom. The molecule has 6 heavy (non-hydrogen) atoms. The summed E-state index contributed by atoms with van der Waals surface area (Å²) in [6.07, 6.45) is 2.05. The zero-order chi connectivity index (χ0) is 4.99. The molecule has 0 fully saturated rings. The van der Waals surface area contributed by atoms with Crippen molar-refractivity contribution in [3.63, 3.8) is 0 Å². The summed E-state index contributed by atoms with van der Waals surface area (Å²) >= 11 is 2.44. The van der Waals surface area contributed by atoms with Crippen molar-refractivity contribution in [3.8, 4) is 0 Å². The van der Waals surface area contributed by atoms with Crippen molar-refractivity contribution >= 4 is 4.61 Å². The zero-order valence-corrected chi connectivity index (χ0v) is 5.75. The van der Waals surface area contributed by atoms with Crippen LogP contribution in [0.15, 0.2) is 11.6 Å². The van der Waals surface area contributed by atoms with Crippen molar-refractivity contribution in [1.82, 2.24) is 0 Å². The Balaban J connectivity index is 3.41. The van der Waals surface area contributed by atoms with Gasteiger partial charge in [-0.1, -0.05) is 0 Å². The predicted octanol–water partition coefficient (Wildman–Crippen LogP) is 1.30. The molecule has 0 aromatic heterocycles. The van der Waals surface area contributed by atoms with Crippen molar-refractivity contribution < 1.29 is 17.9 Å². The van der Waals surface area contributed by atoms with Crippen molar-refractivity contribution in [3.05, 3.63) is 11.6 Å². The van der Waals surface area contributed by atoms with Gasteiger partial charge in [0, 0.05) is 0 Å². The van der Waals surface area contributed by atoms with E-state index in [0.717, 1.165) is 0 Å². The first-order valence-corrected chi connectivity index (χ1v) is 2.83. The Morgan fingerprint density at radius 1 is 1.50 bits per heavy atom. The van der Waals surface area contributed by atoms with Gasteiger partial charge in [0.2, 0.25) is 0 Å². The maximum absolute atomic E-state index is 2.44. The van der Waals surface area contributed by atoms with Gasteiger partial charge < -0.3 is 0 Å². The van der Waals surface area contributed by atoms with Gasteiger partial charge in [0.25, 0.3) is 0 Å². The molecule has 0 saturated heterocycles. The van der Waals surface area contributed by atoms with E-state index in [2.05, 4.69) is 37.8 Å². The van der Waals surface area contributed by atoms with E-state index in [4.69, 9.17) is 0 Å². The first-order chi connectivity index (χ1) is 2.77. The first-order valence-electron chi connectivity index (χ1n) is 1.83. The van der Waals surface area contributed by atoms with Crippen LogP contribution in [0.3, 0.4) is 0 Å². The van der Waals surface area contributed by atoms with Crippen molar-refractivity contribution in [1.29, 1.82) is 0 Å². The molecular formula is C5H8Ru+. The van der Waals surface area contributed by atoms with Gasteiger partial charge in [-0.05, 0) is 0 Å². The second-order valence-electron chi connectivity index (χ2n) is 1.36. The van der Waals surface area contributed by atoms with Crippen LogP contribution >= 0.6 is 0 Å². The van der Waals surface area contributed by atoms with E-state index in [-0.39, 0.29) is 0 Å². The third-order valence-electron chi connectivity index (χ3n) is 0.392. The fraction of sp³-hybridized carbons (Fsp3) is 0.400. The van der Waals surface area contributed by atoms with E-state index in [9.17, 15) is 0 Å². The van der Waals surface area contributed by atoms with E-state index >= 15 is 0 Å². The molecule has 0 heterocycles.